The predicted octanol–water partition coefficient (Wildman–Crippen LogP) is 3.28. The number of benzene rings is 2. The number of hydrogen-bond donors (Lipinski definition) is 0. The second-order valence-electron chi connectivity index (χ2n) is 6.78. The molecule has 1 aliphatic heterocycles. The average molecular weight is 383 g/mol. The number of nitrogens with zero attached hydrogens (tertiary/aromatic N) is 1. The van der Waals surface area contributed by atoms with E-state index in [-0.39, 0.29) is 12.5 Å². The standard InChI is InChI=1S/C22H25NO5/c1-4-23(13-17-6-8-19-20(12-17)27-10-9-26-19)21(24)14-28-22(25)18-7-5-15(2)11-16(18)3/h5-8,11-12H,4,9-10,13-14H2,1-3H3. The van der Waals surface area contributed by atoms with Crippen LogP contribution in [0.1, 0.15) is 34.0 Å². The monoisotopic (exact) mass is 383 g/mol. The fourth-order valence-corrected chi connectivity index (χ4v) is 3.12. The van der Waals surface area contributed by atoms with Crippen molar-refractivity contribution in [1.82, 2.24) is 4.90 Å². The number of carbonyl (C=O) groups is 2. The maximum absolute atomic E-state index is 12.5. The summed E-state index contributed by atoms with van der Waals surface area (Å²) in [5.41, 5.74) is 3.32. The van der Waals surface area contributed by atoms with Gasteiger partial charge in [-0.3, -0.25) is 4.79 Å². The van der Waals surface area contributed by atoms with Gasteiger partial charge in [0.2, 0.25) is 0 Å². The van der Waals surface area contributed by atoms with E-state index in [1.807, 2.05) is 51.1 Å². The maximum atomic E-state index is 12.5. The Hall–Kier alpha value is -3.02. The van der Waals surface area contributed by atoms with Gasteiger partial charge in [0.15, 0.2) is 18.1 Å². The quantitative estimate of drug-likeness (QED) is 0.717. The number of ether oxygens (including phenoxy) is 3. The molecule has 0 radical (unpaired) electrons. The largest absolute Gasteiger partial charge is 0.486 e. The van der Waals surface area contributed by atoms with E-state index in [1.54, 1.807) is 11.0 Å². The molecule has 28 heavy (non-hydrogen) atoms. The summed E-state index contributed by atoms with van der Waals surface area (Å²) in [5, 5.41) is 0. The van der Waals surface area contributed by atoms with Gasteiger partial charge in [0.05, 0.1) is 5.56 Å². The van der Waals surface area contributed by atoms with Crippen LogP contribution in [0.25, 0.3) is 0 Å². The number of rotatable bonds is 6. The van der Waals surface area contributed by atoms with E-state index in [2.05, 4.69) is 0 Å². The summed E-state index contributed by atoms with van der Waals surface area (Å²) >= 11 is 0. The van der Waals surface area contributed by atoms with Crippen molar-refractivity contribution in [3.05, 3.63) is 58.7 Å². The van der Waals surface area contributed by atoms with E-state index in [0.717, 1.165) is 16.7 Å². The maximum Gasteiger partial charge on any atom is 0.338 e. The van der Waals surface area contributed by atoms with Gasteiger partial charge in [-0.15, -0.1) is 0 Å². The Morgan fingerprint density at radius 1 is 1.04 bits per heavy atom. The summed E-state index contributed by atoms with van der Waals surface area (Å²) in [6, 6.07) is 11.1. The first-order valence-electron chi connectivity index (χ1n) is 9.38. The number of esters is 1. The lowest BCUT2D eigenvalue weighted by Crippen LogP contribution is -2.34. The topological polar surface area (TPSA) is 65.1 Å². The Kier molecular flexibility index (Phi) is 6.19. The Balaban J connectivity index is 1.59. The molecule has 0 bridgehead atoms. The van der Waals surface area contributed by atoms with Crippen LogP contribution < -0.4 is 9.47 Å². The molecule has 2 aromatic rings. The average Bonchev–Trinajstić information content (AvgIpc) is 2.69. The second kappa shape index (κ2) is 8.78. The number of aryl methyl sites for hydroxylation is 2. The van der Waals surface area contributed by atoms with E-state index in [1.165, 1.54) is 0 Å². The van der Waals surface area contributed by atoms with Gasteiger partial charge in [0, 0.05) is 13.1 Å². The number of amides is 1. The highest BCUT2D eigenvalue weighted by Crippen LogP contribution is 2.31. The van der Waals surface area contributed by atoms with Crippen molar-refractivity contribution >= 4 is 11.9 Å². The second-order valence-corrected chi connectivity index (χ2v) is 6.78. The minimum absolute atomic E-state index is 0.240. The zero-order valence-corrected chi connectivity index (χ0v) is 16.5. The summed E-state index contributed by atoms with van der Waals surface area (Å²) in [5.74, 6) is 0.678. The van der Waals surface area contributed by atoms with Gasteiger partial charge in [-0.1, -0.05) is 23.8 Å². The van der Waals surface area contributed by atoms with Crippen LogP contribution in [-0.2, 0) is 16.1 Å². The van der Waals surface area contributed by atoms with Crippen molar-refractivity contribution in [2.75, 3.05) is 26.4 Å². The third-order valence-electron chi connectivity index (χ3n) is 4.64. The van der Waals surface area contributed by atoms with Crippen molar-refractivity contribution in [2.24, 2.45) is 0 Å². The Bertz CT molecular complexity index is 877. The smallest absolute Gasteiger partial charge is 0.338 e. The molecule has 0 N–H and O–H groups in total. The normalized spacial score (nSPS) is 12.4. The lowest BCUT2D eigenvalue weighted by atomic mass is 10.1. The molecule has 0 aliphatic carbocycles. The highest BCUT2D eigenvalue weighted by molar-refractivity contribution is 5.92. The molecule has 148 valence electrons. The van der Waals surface area contributed by atoms with Gasteiger partial charge in [0.1, 0.15) is 13.2 Å². The van der Waals surface area contributed by atoms with Crippen LogP contribution in [0.4, 0.5) is 0 Å². The fourth-order valence-electron chi connectivity index (χ4n) is 3.12. The van der Waals surface area contributed by atoms with E-state index in [9.17, 15) is 9.59 Å². The minimum Gasteiger partial charge on any atom is -0.486 e. The van der Waals surface area contributed by atoms with Crippen LogP contribution in [0, 0.1) is 13.8 Å². The van der Waals surface area contributed by atoms with E-state index < -0.39 is 5.97 Å². The summed E-state index contributed by atoms with van der Waals surface area (Å²) < 4.78 is 16.4. The van der Waals surface area contributed by atoms with Crippen LogP contribution in [-0.4, -0.2) is 43.1 Å². The Morgan fingerprint density at radius 2 is 1.79 bits per heavy atom. The lowest BCUT2D eigenvalue weighted by molar-refractivity contribution is -0.134. The molecule has 3 rings (SSSR count). The molecule has 0 fully saturated rings. The molecule has 6 heteroatoms. The molecule has 0 saturated carbocycles. The van der Waals surface area contributed by atoms with Crippen molar-refractivity contribution in [3.63, 3.8) is 0 Å². The van der Waals surface area contributed by atoms with Gasteiger partial charge >= 0.3 is 5.97 Å². The Morgan fingerprint density at radius 3 is 2.50 bits per heavy atom. The van der Waals surface area contributed by atoms with Crippen LogP contribution in [0.15, 0.2) is 36.4 Å². The fraction of sp³-hybridized carbons (Fsp3) is 0.364. The molecule has 1 amide bonds. The number of carbonyl (C=O) groups excluding carboxylic acids is 2. The molecule has 0 unspecified atom stereocenters. The highest BCUT2D eigenvalue weighted by atomic mass is 16.6. The predicted molar refractivity (Wildman–Crippen MR) is 105 cm³/mol. The summed E-state index contributed by atoms with van der Waals surface area (Å²) in [6.07, 6.45) is 0. The summed E-state index contributed by atoms with van der Waals surface area (Å²) in [7, 11) is 0. The van der Waals surface area contributed by atoms with Crippen molar-refractivity contribution < 1.29 is 23.8 Å². The zero-order chi connectivity index (χ0) is 20.1. The molecule has 6 nitrogen and oxygen atoms in total. The van der Waals surface area contributed by atoms with Gasteiger partial charge in [0.25, 0.3) is 5.91 Å². The summed E-state index contributed by atoms with van der Waals surface area (Å²) in [4.78, 5) is 26.5. The molecule has 0 aromatic heterocycles. The molecule has 0 atom stereocenters. The molecular weight excluding hydrogens is 358 g/mol. The molecule has 1 heterocycles. The first-order valence-corrected chi connectivity index (χ1v) is 9.38. The minimum atomic E-state index is -0.485. The SMILES string of the molecule is CCN(Cc1ccc2c(c1)OCCO2)C(=O)COC(=O)c1ccc(C)cc1C. The number of fused-ring (bicyclic) bond motifs is 1. The van der Waals surface area contributed by atoms with Crippen molar-refractivity contribution in [3.8, 4) is 11.5 Å². The molecule has 0 spiro atoms. The number of hydrogen-bond acceptors (Lipinski definition) is 5. The van der Waals surface area contributed by atoms with Gasteiger partial charge < -0.3 is 19.1 Å². The van der Waals surface area contributed by atoms with Crippen molar-refractivity contribution in [2.45, 2.75) is 27.3 Å². The third-order valence-corrected chi connectivity index (χ3v) is 4.64. The Labute approximate surface area is 165 Å². The highest BCUT2D eigenvalue weighted by Gasteiger charge is 2.18. The molecule has 1 aliphatic rings. The number of likely N-dealkylation sites (N-methyl/N-ethyl adjacent to an activating group) is 1. The van der Waals surface area contributed by atoms with Crippen molar-refractivity contribution in [1.29, 1.82) is 0 Å². The third kappa shape index (κ3) is 4.63. The van der Waals surface area contributed by atoms with Gasteiger partial charge in [-0.2, -0.15) is 0 Å². The van der Waals surface area contributed by atoms with Crippen LogP contribution in [0.5, 0.6) is 11.5 Å². The zero-order valence-electron chi connectivity index (χ0n) is 16.5. The van der Waals surface area contributed by atoms with E-state index in [0.29, 0.717) is 43.4 Å². The molecule has 2 aromatic carbocycles. The lowest BCUT2D eigenvalue weighted by Gasteiger charge is -2.23. The van der Waals surface area contributed by atoms with Gasteiger partial charge in [-0.05, 0) is 50.1 Å². The van der Waals surface area contributed by atoms with Crippen LogP contribution in [0.2, 0.25) is 0 Å². The summed E-state index contributed by atoms with van der Waals surface area (Å²) in [6.45, 7) is 7.39. The molecular formula is C22H25NO5. The van der Waals surface area contributed by atoms with E-state index >= 15 is 0 Å². The van der Waals surface area contributed by atoms with Gasteiger partial charge in [-0.25, -0.2) is 4.79 Å². The van der Waals surface area contributed by atoms with Crippen LogP contribution >= 0.6 is 0 Å². The van der Waals surface area contributed by atoms with E-state index in [4.69, 9.17) is 14.2 Å². The van der Waals surface area contributed by atoms with Crippen LogP contribution in [0.3, 0.4) is 0 Å². The molecule has 0 saturated heterocycles. The first-order chi connectivity index (χ1) is 13.5. The first kappa shape index (κ1) is 19.7.